The van der Waals surface area contributed by atoms with E-state index in [2.05, 4.69) is 0 Å². The first-order chi connectivity index (χ1) is 0. The minimum atomic E-state index is 0. The van der Waals surface area contributed by atoms with Crippen LogP contribution in [-0.4, -0.2) is 0 Å². The van der Waals surface area contributed by atoms with Gasteiger partial charge >= 0.3 is 0 Å². The molecule has 27 radical (unpaired) electrons. The summed E-state index contributed by atoms with van der Waals surface area (Å²) in [7, 11) is 0. The summed E-state index contributed by atoms with van der Waals surface area (Å²) in [5.41, 5.74) is 0. The van der Waals surface area contributed by atoms with E-state index < -0.39 is 0 Å². The van der Waals surface area contributed by atoms with Crippen molar-refractivity contribution in [2.45, 2.75) is 0 Å². The van der Waals surface area contributed by atoms with Crippen LogP contribution in [0, 0.1) is 7.43 Å². The average Bonchev–Trinajstić information content (AvgIpc) is 0. The molecule has 0 rings (SSSR count). The number of rotatable bonds is 0. The van der Waals surface area contributed by atoms with Crippen molar-refractivity contribution in [3.63, 3.8) is 0 Å². The summed E-state index contributed by atoms with van der Waals surface area (Å²) in [6.45, 7) is 0. The summed E-state index contributed by atoms with van der Waals surface area (Å²) in [4.78, 5) is 0. The second kappa shape index (κ2) is 201. The Labute approximate surface area is 843 Å². The molecular formula is CH3VY26-. The Kier molecular flexibility index (Phi) is 1520. The molecule has 0 atom stereocenters. The van der Waals surface area contributed by atoms with E-state index in [-0.39, 0.29) is 876 Å². The monoisotopic (exact) mass is 2380 g/mol. The first kappa shape index (κ1) is 212. The van der Waals surface area contributed by atoms with Gasteiger partial charge < -0.3 is 7.43 Å². The number of hydrogen-bond donors (Lipinski definition) is 0. The molecule has 28 heavy (non-hydrogen) atoms. The fourth-order valence-electron chi connectivity index (χ4n) is 0. The minimum absolute atomic E-state index is 0. The van der Waals surface area contributed by atoms with Crippen LogP contribution in [0.25, 0.3) is 0 Å². The molecule has 0 spiro atoms. The van der Waals surface area contributed by atoms with E-state index >= 15 is 0 Å². The van der Waals surface area contributed by atoms with Crippen LogP contribution in [0.2, 0.25) is 0 Å². The molecule has 0 aliphatic carbocycles. The van der Waals surface area contributed by atoms with Crippen molar-refractivity contribution in [1.29, 1.82) is 0 Å². The average molecular weight is 2380 g/mol. The van der Waals surface area contributed by atoms with Gasteiger partial charge in [-0.25, -0.2) is 0 Å². The van der Waals surface area contributed by atoms with Crippen LogP contribution in [-0.2, 0) is 869 Å². The minimum Gasteiger partial charge on any atom is -0.358 e. The molecule has 0 aliphatic heterocycles. The smallest absolute Gasteiger partial charge is 0 e. The van der Waals surface area contributed by atoms with Crippen LogP contribution in [0.4, 0.5) is 0 Å². The molecule has 0 nitrogen and oxygen atoms in total. The summed E-state index contributed by atoms with van der Waals surface area (Å²) in [5, 5.41) is 0. The standard InChI is InChI=1S/CH3.V.26Y/h1H3;;;;;;;;;;;;;;;;;;;;;;;;;;;/q-1;;;;;;;;;;;;;;;;;;;;;;;;;;;. The molecule has 27 heteroatoms. The van der Waals surface area contributed by atoms with E-state index in [0.29, 0.717) is 0 Å². The third-order valence-electron chi connectivity index (χ3n) is 0. The first-order valence-electron chi connectivity index (χ1n) is 0. The second-order valence-electron chi connectivity index (χ2n) is 0. The zero-order chi connectivity index (χ0) is 0. The molecule has 0 saturated heterocycles. The second-order valence-corrected chi connectivity index (χ2v) is 0. The van der Waals surface area contributed by atoms with Crippen LogP contribution in [0.5, 0.6) is 0 Å². The van der Waals surface area contributed by atoms with E-state index in [4.69, 9.17) is 0 Å². The van der Waals surface area contributed by atoms with Crippen molar-refractivity contribution < 1.29 is 869 Å². The molecule has 0 heterocycles. The Morgan fingerprint density at radius 2 is 0.107 bits per heavy atom. The van der Waals surface area contributed by atoms with Crippen LogP contribution < -0.4 is 0 Å². The zero-order valence-corrected chi connectivity index (χ0v) is 91.7. The maximum atomic E-state index is 0. The van der Waals surface area contributed by atoms with E-state index in [9.17, 15) is 0 Å². The maximum absolute atomic E-state index is 0. The molecule has 0 aromatic heterocycles. The van der Waals surface area contributed by atoms with Crippen molar-refractivity contribution in [1.82, 2.24) is 0 Å². The Balaban J connectivity index is 0. The van der Waals surface area contributed by atoms with Gasteiger partial charge in [-0.1, -0.05) is 0 Å². The van der Waals surface area contributed by atoms with Gasteiger partial charge in [0.05, 0.1) is 0 Å². The van der Waals surface area contributed by atoms with Crippen LogP contribution in [0.15, 0.2) is 0 Å². The Morgan fingerprint density at radius 3 is 0.107 bits per heavy atom. The van der Waals surface area contributed by atoms with Crippen molar-refractivity contribution in [2.75, 3.05) is 0 Å². The Bertz CT molecular complexity index is 12.4. The molecule has 0 unspecified atom stereocenters. The molecule has 91 valence electrons. The van der Waals surface area contributed by atoms with Crippen molar-refractivity contribution >= 4 is 0 Å². The SMILES string of the molecule is [CH3-].[V].[Y].[Y].[Y].[Y].[Y].[Y].[Y].[Y].[Y].[Y].[Y].[Y].[Y].[Y].[Y].[Y].[Y].[Y].[Y].[Y].[Y].[Y].[Y].[Y].[Y].[Y]. The van der Waals surface area contributed by atoms with Crippen molar-refractivity contribution in [2.24, 2.45) is 0 Å². The summed E-state index contributed by atoms with van der Waals surface area (Å²) in [6.07, 6.45) is 0. The van der Waals surface area contributed by atoms with Crippen molar-refractivity contribution in [3.05, 3.63) is 7.43 Å². The van der Waals surface area contributed by atoms with Gasteiger partial charge in [0.2, 0.25) is 0 Å². The largest absolute Gasteiger partial charge is 0.358 e. The molecule has 0 aromatic carbocycles. The summed E-state index contributed by atoms with van der Waals surface area (Å²) in [6, 6.07) is 0. The Morgan fingerprint density at radius 1 is 0.107 bits per heavy atom. The van der Waals surface area contributed by atoms with Crippen LogP contribution in [0.1, 0.15) is 0 Å². The molecular weight excluding hydrogens is 2370 g/mol. The quantitative estimate of drug-likeness (QED) is 0.309. The summed E-state index contributed by atoms with van der Waals surface area (Å²) in [5.74, 6) is 0. The fourth-order valence-corrected chi connectivity index (χ4v) is 0. The van der Waals surface area contributed by atoms with Gasteiger partial charge in [-0.2, -0.15) is 0 Å². The third-order valence-corrected chi connectivity index (χ3v) is 0. The summed E-state index contributed by atoms with van der Waals surface area (Å²) >= 11 is 0. The molecule has 0 saturated carbocycles. The third kappa shape index (κ3) is 190. The molecule has 0 fully saturated rings. The normalized spacial score (nSPS) is 0. The predicted octanol–water partition coefficient (Wildman–Crippen LogP) is 0.383. The van der Waals surface area contributed by atoms with E-state index in [1.807, 2.05) is 0 Å². The molecule has 0 aromatic rings. The van der Waals surface area contributed by atoms with Gasteiger partial charge in [0.1, 0.15) is 0 Å². The molecule has 0 aliphatic rings. The van der Waals surface area contributed by atoms with E-state index in [1.54, 1.807) is 0 Å². The van der Waals surface area contributed by atoms with Gasteiger partial charge in [-0.15, -0.1) is 0 Å². The summed E-state index contributed by atoms with van der Waals surface area (Å²) < 4.78 is 0. The van der Waals surface area contributed by atoms with Gasteiger partial charge in [0.25, 0.3) is 0 Å². The number of hydrogen-bond acceptors (Lipinski definition) is 0. The van der Waals surface area contributed by atoms with Gasteiger partial charge in [-0.3, -0.25) is 0 Å². The van der Waals surface area contributed by atoms with Crippen LogP contribution >= 0.6 is 0 Å². The maximum Gasteiger partial charge on any atom is 0 e. The van der Waals surface area contributed by atoms with Gasteiger partial charge in [0, 0.05) is 869 Å². The molecule has 0 bridgehead atoms. The fraction of sp³-hybridized carbons (Fsp3) is 0. The Hall–Kier alpha value is 29.3. The van der Waals surface area contributed by atoms with Crippen LogP contribution in [0.3, 0.4) is 0 Å². The van der Waals surface area contributed by atoms with E-state index in [0.717, 1.165) is 0 Å². The molecule has 0 N–H and O–H groups in total. The van der Waals surface area contributed by atoms with Crippen molar-refractivity contribution in [3.8, 4) is 0 Å². The van der Waals surface area contributed by atoms with Gasteiger partial charge in [-0.05, 0) is 0 Å². The van der Waals surface area contributed by atoms with Gasteiger partial charge in [0.15, 0.2) is 0 Å². The predicted molar refractivity (Wildman–Crippen MR) is 6.41 cm³/mol. The molecule has 0 amide bonds. The van der Waals surface area contributed by atoms with E-state index in [1.165, 1.54) is 0 Å². The zero-order valence-electron chi connectivity index (χ0n) is 16.5. The first-order valence-corrected chi connectivity index (χ1v) is 0. The topological polar surface area (TPSA) is 0 Å².